The van der Waals surface area contributed by atoms with E-state index in [0.29, 0.717) is 13.0 Å². The molecule has 2 unspecified atom stereocenters. The number of carbonyl (C=O) groups is 3. The fourth-order valence-electron chi connectivity index (χ4n) is 4.21. The number of esters is 1. The smallest absolute Gasteiger partial charge is 0.410 e. The zero-order valence-electron chi connectivity index (χ0n) is 22.9. The van der Waals surface area contributed by atoms with Crippen molar-refractivity contribution < 1.29 is 28.6 Å². The lowest BCUT2D eigenvalue weighted by molar-refractivity contribution is -0.159. The molecule has 0 saturated carbocycles. The van der Waals surface area contributed by atoms with E-state index >= 15 is 0 Å². The molecule has 1 aromatic carbocycles. The third kappa shape index (κ3) is 8.66. The van der Waals surface area contributed by atoms with E-state index in [0.717, 1.165) is 11.1 Å². The van der Waals surface area contributed by atoms with Gasteiger partial charge in [0.25, 0.3) is 0 Å². The highest BCUT2D eigenvalue weighted by Crippen LogP contribution is 2.30. The maximum Gasteiger partial charge on any atom is 0.410 e. The number of rotatable bonds is 8. The fraction of sp³-hybridized carbons (Fsp3) is 0.607. The van der Waals surface area contributed by atoms with Gasteiger partial charge in [0.2, 0.25) is 5.91 Å². The highest BCUT2D eigenvalue weighted by molar-refractivity contribution is 5.86. The SMILES string of the molecule is C=C1CC([C@H](OC)[C@@H](C)C(=O)NC(Cc2ccccc2)C(=O)OC(C)(C)C)N(C(=O)OC(C)(C)C)C1. The van der Waals surface area contributed by atoms with Crippen molar-refractivity contribution in [2.75, 3.05) is 13.7 Å². The zero-order valence-corrected chi connectivity index (χ0v) is 22.9. The van der Waals surface area contributed by atoms with Crippen LogP contribution in [0.25, 0.3) is 0 Å². The first kappa shape index (κ1) is 29.4. The van der Waals surface area contributed by atoms with Crippen LogP contribution in [0.15, 0.2) is 42.5 Å². The van der Waals surface area contributed by atoms with Gasteiger partial charge in [-0.2, -0.15) is 0 Å². The molecule has 4 atom stereocenters. The van der Waals surface area contributed by atoms with Crippen LogP contribution in [-0.2, 0) is 30.2 Å². The van der Waals surface area contributed by atoms with E-state index in [9.17, 15) is 14.4 Å². The van der Waals surface area contributed by atoms with Crippen molar-refractivity contribution in [1.82, 2.24) is 10.2 Å². The molecular weight excluding hydrogens is 460 g/mol. The Kier molecular flexibility index (Phi) is 9.71. The van der Waals surface area contributed by atoms with Gasteiger partial charge in [0.05, 0.1) is 18.1 Å². The molecule has 1 aromatic rings. The van der Waals surface area contributed by atoms with Crippen LogP contribution in [0.3, 0.4) is 0 Å². The number of likely N-dealkylation sites (tertiary alicyclic amines) is 1. The molecule has 1 saturated heterocycles. The molecule has 0 bridgehead atoms. The van der Waals surface area contributed by atoms with Gasteiger partial charge in [-0.25, -0.2) is 9.59 Å². The lowest BCUT2D eigenvalue weighted by atomic mass is 9.93. The summed E-state index contributed by atoms with van der Waals surface area (Å²) < 4.78 is 16.9. The summed E-state index contributed by atoms with van der Waals surface area (Å²) in [5.74, 6) is -1.54. The van der Waals surface area contributed by atoms with Crippen molar-refractivity contribution in [1.29, 1.82) is 0 Å². The highest BCUT2D eigenvalue weighted by atomic mass is 16.6. The van der Waals surface area contributed by atoms with Crippen molar-refractivity contribution in [3.63, 3.8) is 0 Å². The molecule has 0 radical (unpaired) electrons. The van der Waals surface area contributed by atoms with Gasteiger partial charge in [-0.3, -0.25) is 9.69 Å². The minimum Gasteiger partial charge on any atom is -0.458 e. The Morgan fingerprint density at radius 1 is 1.06 bits per heavy atom. The van der Waals surface area contributed by atoms with Crippen molar-refractivity contribution >= 4 is 18.0 Å². The van der Waals surface area contributed by atoms with Crippen LogP contribution in [0.4, 0.5) is 4.79 Å². The molecule has 1 aliphatic heterocycles. The quantitative estimate of drug-likeness (QED) is 0.421. The number of amides is 2. The molecule has 1 fully saturated rings. The van der Waals surface area contributed by atoms with Crippen LogP contribution in [0, 0.1) is 5.92 Å². The van der Waals surface area contributed by atoms with Gasteiger partial charge in [-0.05, 0) is 53.5 Å². The number of benzene rings is 1. The van der Waals surface area contributed by atoms with E-state index < -0.39 is 47.4 Å². The first-order valence-electron chi connectivity index (χ1n) is 12.4. The molecule has 2 amide bonds. The lowest BCUT2D eigenvalue weighted by Gasteiger charge is -2.35. The van der Waals surface area contributed by atoms with Gasteiger partial charge in [0.15, 0.2) is 0 Å². The zero-order chi connectivity index (χ0) is 27.3. The second-order valence-corrected chi connectivity index (χ2v) is 11.4. The van der Waals surface area contributed by atoms with Crippen LogP contribution < -0.4 is 5.32 Å². The molecule has 0 spiro atoms. The maximum absolute atomic E-state index is 13.4. The summed E-state index contributed by atoms with van der Waals surface area (Å²) in [5.41, 5.74) is 0.397. The van der Waals surface area contributed by atoms with E-state index in [-0.39, 0.29) is 12.3 Å². The van der Waals surface area contributed by atoms with Gasteiger partial charge in [0, 0.05) is 20.1 Å². The Morgan fingerprint density at radius 3 is 2.17 bits per heavy atom. The van der Waals surface area contributed by atoms with Crippen LogP contribution in [0.5, 0.6) is 0 Å². The average Bonchev–Trinajstić information content (AvgIpc) is 3.13. The van der Waals surface area contributed by atoms with Gasteiger partial charge in [0.1, 0.15) is 17.2 Å². The molecule has 1 aliphatic rings. The summed E-state index contributed by atoms with van der Waals surface area (Å²) in [5, 5.41) is 2.87. The summed E-state index contributed by atoms with van der Waals surface area (Å²) in [6.07, 6.45) is -0.324. The molecule has 2 rings (SSSR count). The molecule has 200 valence electrons. The number of methoxy groups -OCH3 is 1. The Bertz CT molecular complexity index is 932. The number of carbonyl (C=O) groups excluding carboxylic acids is 3. The molecule has 8 heteroatoms. The van der Waals surface area contributed by atoms with Crippen molar-refractivity contribution in [2.24, 2.45) is 5.92 Å². The number of ether oxygens (including phenoxy) is 3. The van der Waals surface area contributed by atoms with Crippen LogP contribution in [-0.4, -0.2) is 65.9 Å². The Balaban J connectivity index is 2.22. The monoisotopic (exact) mass is 502 g/mol. The molecule has 36 heavy (non-hydrogen) atoms. The van der Waals surface area contributed by atoms with Crippen molar-refractivity contribution in [3.05, 3.63) is 48.0 Å². The molecule has 1 N–H and O–H groups in total. The standard InChI is InChI=1S/C28H42N2O6/c1-18-15-22(30(17-18)26(33)36-28(6,7)8)23(34-9)19(2)24(31)29-21(25(32)35-27(3,4)5)16-20-13-11-10-12-14-20/h10-14,19,21-23H,1,15-17H2,2-9H3,(H,29,31)/t19-,21?,22?,23-/m1/s1. The fourth-order valence-corrected chi connectivity index (χ4v) is 4.21. The first-order chi connectivity index (χ1) is 16.6. The normalized spacial score (nSPS) is 18.8. The summed E-state index contributed by atoms with van der Waals surface area (Å²) in [4.78, 5) is 40.8. The molecule has 1 heterocycles. The van der Waals surface area contributed by atoms with Crippen molar-refractivity contribution in [3.8, 4) is 0 Å². The Hall–Kier alpha value is -2.87. The highest BCUT2D eigenvalue weighted by Gasteiger charge is 2.43. The first-order valence-corrected chi connectivity index (χ1v) is 12.4. The van der Waals surface area contributed by atoms with E-state index in [1.54, 1.807) is 53.4 Å². The molecule has 8 nitrogen and oxygen atoms in total. The van der Waals surface area contributed by atoms with E-state index in [1.165, 1.54) is 7.11 Å². The minimum absolute atomic E-state index is 0.288. The number of nitrogens with one attached hydrogen (secondary N) is 1. The van der Waals surface area contributed by atoms with E-state index in [2.05, 4.69) is 11.9 Å². The predicted molar refractivity (Wildman–Crippen MR) is 138 cm³/mol. The van der Waals surface area contributed by atoms with E-state index in [4.69, 9.17) is 14.2 Å². The van der Waals surface area contributed by atoms with Crippen molar-refractivity contribution in [2.45, 2.75) is 90.7 Å². The summed E-state index contributed by atoms with van der Waals surface area (Å²) in [6, 6.07) is 8.14. The second-order valence-electron chi connectivity index (χ2n) is 11.4. The second kappa shape index (κ2) is 11.9. The predicted octanol–water partition coefficient (Wildman–Crippen LogP) is 4.27. The number of hydrogen-bond donors (Lipinski definition) is 1. The number of nitrogens with zero attached hydrogens (tertiary/aromatic N) is 1. The maximum atomic E-state index is 13.4. The molecule has 0 aliphatic carbocycles. The average molecular weight is 503 g/mol. The minimum atomic E-state index is -0.875. The number of hydrogen-bond acceptors (Lipinski definition) is 6. The van der Waals surface area contributed by atoms with Gasteiger partial charge >= 0.3 is 12.1 Å². The van der Waals surface area contributed by atoms with Crippen LogP contribution in [0.2, 0.25) is 0 Å². The van der Waals surface area contributed by atoms with Gasteiger partial charge < -0.3 is 19.5 Å². The summed E-state index contributed by atoms with van der Waals surface area (Å²) >= 11 is 0. The Morgan fingerprint density at radius 2 is 1.64 bits per heavy atom. The Labute approximate surface area is 215 Å². The largest absolute Gasteiger partial charge is 0.458 e. The third-order valence-corrected chi connectivity index (χ3v) is 5.77. The van der Waals surface area contributed by atoms with Crippen LogP contribution >= 0.6 is 0 Å². The topological polar surface area (TPSA) is 94.2 Å². The summed E-state index contributed by atoms with van der Waals surface area (Å²) in [7, 11) is 1.51. The molecular formula is C28H42N2O6. The van der Waals surface area contributed by atoms with Crippen LogP contribution in [0.1, 0.15) is 60.5 Å². The third-order valence-electron chi connectivity index (χ3n) is 5.77. The summed E-state index contributed by atoms with van der Waals surface area (Å²) in [6.45, 7) is 16.9. The van der Waals surface area contributed by atoms with Gasteiger partial charge in [-0.15, -0.1) is 0 Å². The molecule has 0 aromatic heterocycles. The van der Waals surface area contributed by atoms with E-state index in [1.807, 2.05) is 30.3 Å². The van der Waals surface area contributed by atoms with Gasteiger partial charge in [-0.1, -0.05) is 49.4 Å². The lowest BCUT2D eigenvalue weighted by Crippen LogP contribution is -2.53.